The minimum absolute atomic E-state index is 0.150. The first-order valence-corrected chi connectivity index (χ1v) is 8.68. The van der Waals surface area contributed by atoms with Gasteiger partial charge in [-0.2, -0.15) is 0 Å². The van der Waals surface area contributed by atoms with Gasteiger partial charge in [0.1, 0.15) is 0 Å². The van der Waals surface area contributed by atoms with Crippen LogP contribution in [0.1, 0.15) is 24.3 Å². The van der Waals surface area contributed by atoms with E-state index in [-0.39, 0.29) is 24.3 Å². The average molecular weight is 354 g/mol. The van der Waals surface area contributed by atoms with Crippen LogP contribution in [0.5, 0.6) is 0 Å². The summed E-state index contributed by atoms with van der Waals surface area (Å²) >= 11 is 1.52. The molecule has 3 rings (SSSR count). The zero-order valence-corrected chi connectivity index (χ0v) is 14.5. The van der Waals surface area contributed by atoms with Crippen molar-refractivity contribution in [3.63, 3.8) is 0 Å². The smallest absolute Gasteiger partial charge is 0.226 e. The van der Waals surface area contributed by atoms with Gasteiger partial charge >= 0.3 is 0 Å². The number of aromatic nitrogens is 2. The van der Waals surface area contributed by atoms with E-state index in [1.807, 2.05) is 52.5 Å². The minimum Gasteiger partial charge on any atom is -0.348 e. The largest absolute Gasteiger partial charge is 0.348 e. The number of nitrogens with zero attached hydrogens (tertiary/aromatic N) is 2. The van der Waals surface area contributed by atoms with Crippen molar-refractivity contribution < 1.29 is 9.59 Å². The van der Waals surface area contributed by atoms with Crippen molar-refractivity contribution >= 4 is 28.8 Å². The van der Waals surface area contributed by atoms with Gasteiger partial charge in [0.15, 0.2) is 0 Å². The predicted octanol–water partition coefficient (Wildman–Crippen LogP) is 3.14. The van der Waals surface area contributed by atoms with Crippen LogP contribution in [0.4, 0.5) is 5.69 Å². The molecule has 0 aliphatic rings. The van der Waals surface area contributed by atoms with E-state index in [4.69, 9.17) is 0 Å². The molecule has 0 fully saturated rings. The second-order valence-corrected chi connectivity index (χ2v) is 6.52. The van der Waals surface area contributed by atoms with Crippen LogP contribution >= 0.6 is 11.3 Å². The molecule has 0 unspecified atom stereocenters. The second-order valence-electron chi connectivity index (χ2n) is 5.54. The van der Waals surface area contributed by atoms with Crippen LogP contribution in [0, 0.1) is 0 Å². The topological polar surface area (TPSA) is 76.0 Å². The van der Waals surface area contributed by atoms with Crippen LogP contribution in [0.3, 0.4) is 0 Å². The summed E-state index contributed by atoms with van der Waals surface area (Å²) in [5, 5.41) is 7.62. The van der Waals surface area contributed by atoms with Crippen molar-refractivity contribution in [2.75, 3.05) is 5.32 Å². The third-order valence-electron chi connectivity index (χ3n) is 3.61. The van der Waals surface area contributed by atoms with Crippen LogP contribution in [-0.2, 0) is 9.59 Å². The van der Waals surface area contributed by atoms with Gasteiger partial charge in [0, 0.05) is 35.6 Å². The van der Waals surface area contributed by atoms with Crippen LogP contribution in [0.2, 0.25) is 0 Å². The van der Waals surface area contributed by atoms with Crippen LogP contribution in [0.25, 0.3) is 5.69 Å². The molecule has 1 atom stereocenters. The molecule has 0 aliphatic heterocycles. The van der Waals surface area contributed by atoms with Gasteiger partial charge in [-0.1, -0.05) is 6.07 Å². The van der Waals surface area contributed by atoms with Gasteiger partial charge in [-0.05, 0) is 35.7 Å². The van der Waals surface area contributed by atoms with Crippen molar-refractivity contribution in [3.8, 4) is 5.69 Å². The number of carbonyl (C=O) groups is 2. The molecule has 25 heavy (non-hydrogen) atoms. The highest BCUT2D eigenvalue weighted by Crippen LogP contribution is 2.23. The number of hydrogen-bond donors (Lipinski definition) is 2. The molecule has 0 saturated carbocycles. The number of imidazole rings is 1. The Bertz CT molecular complexity index is 827. The summed E-state index contributed by atoms with van der Waals surface area (Å²) < 4.78 is 1.88. The number of carbonyl (C=O) groups excluding carboxylic acids is 2. The third-order valence-corrected chi connectivity index (χ3v) is 4.59. The van der Waals surface area contributed by atoms with Crippen LogP contribution in [0.15, 0.2) is 60.5 Å². The van der Waals surface area contributed by atoms with Crippen molar-refractivity contribution in [3.05, 3.63) is 65.4 Å². The number of thiophene rings is 1. The van der Waals surface area contributed by atoms with E-state index >= 15 is 0 Å². The van der Waals surface area contributed by atoms with Crippen molar-refractivity contribution in [1.29, 1.82) is 0 Å². The lowest BCUT2D eigenvalue weighted by Gasteiger charge is -2.16. The molecule has 2 amide bonds. The SMILES string of the molecule is CC(=O)N[C@H](CC(=O)Nc1ccc(-n2ccnc2)cc1)c1cccs1. The molecule has 2 heterocycles. The number of rotatable bonds is 6. The van der Waals surface area contributed by atoms with Crippen LogP contribution in [-0.4, -0.2) is 21.4 Å². The zero-order valence-electron chi connectivity index (χ0n) is 13.7. The van der Waals surface area contributed by atoms with E-state index < -0.39 is 0 Å². The lowest BCUT2D eigenvalue weighted by Crippen LogP contribution is -2.29. The molecule has 0 radical (unpaired) electrons. The summed E-state index contributed by atoms with van der Waals surface area (Å²) in [4.78, 5) is 28.7. The first-order chi connectivity index (χ1) is 12.1. The Morgan fingerprint density at radius 1 is 1.24 bits per heavy atom. The molecule has 1 aromatic carbocycles. The van der Waals surface area contributed by atoms with Crippen LogP contribution < -0.4 is 10.6 Å². The fourth-order valence-electron chi connectivity index (χ4n) is 2.48. The highest BCUT2D eigenvalue weighted by molar-refractivity contribution is 7.10. The van der Waals surface area contributed by atoms with Gasteiger partial charge < -0.3 is 15.2 Å². The predicted molar refractivity (Wildman–Crippen MR) is 97.7 cm³/mol. The summed E-state index contributed by atoms with van der Waals surface area (Å²) in [5.74, 6) is -0.307. The number of benzene rings is 1. The molecule has 2 aromatic heterocycles. The Morgan fingerprint density at radius 3 is 2.64 bits per heavy atom. The van der Waals surface area contributed by atoms with Crippen molar-refractivity contribution in [2.45, 2.75) is 19.4 Å². The maximum atomic E-state index is 12.3. The van der Waals surface area contributed by atoms with Gasteiger partial charge in [-0.3, -0.25) is 9.59 Å². The van der Waals surface area contributed by atoms with E-state index in [1.165, 1.54) is 18.3 Å². The third kappa shape index (κ3) is 4.54. The summed E-state index contributed by atoms with van der Waals surface area (Å²) in [6.07, 6.45) is 5.46. The highest BCUT2D eigenvalue weighted by Gasteiger charge is 2.18. The van der Waals surface area contributed by atoms with Gasteiger partial charge in [0.05, 0.1) is 18.8 Å². The quantitative estimate of drug-likeness (QED) is 0.714. The molecule has 0 bridgehead atoms. The van der Waals surface area contributed by atoms with E-state index in [2.05, 4.69) is 15.6 Å². The molecule has 2 N–H and O–H groups in total. The van der Waals surface area contributed by atoms with Crippen molar-refractivity contribution in [2.24, 2.45) is 0 Å². The maximum absolute atomic E-state index is 12.3. The zero-order chi connectivity index (χ0) is 17.6. The van der Waals surface area contributed by atoms with E-state index in [0.29, 0.717) is 5.69 Å². The van der Waals surface area contributed by atoms with Gasteiger partial charge in [-0.15, -0.1) is 11.3 Å². The Balaban J connectivity index is 1.63. The number of hydrogen-bond acceptors (Lipinski definition) is 4. The number of anilines is 1. The molecule has 3 aromatic rings. The van der Waals surface area contributed by atoms with E-state index in [0.717, 1.165) is 10.6 Å². The summed E-state index contributed by atoms with van der Waals surface area (Å²) in [6.45, 7) is 1.45. The molecular weight excluding hydrogens is 336 g/mol. The summed E-state index contributed by atoms with van der Waals surface area (Å²) in [5.41, 5.74) is 1.67. The lowest BCUT2D eigenvalue weighted by atomic mass is 10.1. The monoisotopic (exact) mass is 354 g/mol. The normalized spacial score (nSPS) is 11.7. The Morgan fingerprint density at radius 2 is 2.04 bits per heavy atom. The maximum Gasteiger partial charge on any atom is 0.226 e. The molecule has 6 nitrogen and oxygen atoms in total. The van der Waals surface area contributed by atoms with Gasteiger partial charge in [0.2, 0.25) is 11.8 Å². The van der Waals surface area contributed by atoms with Gasteiger partial charge in [-0.25, -0.2) is 4.98 Å². The number of nitrogens with one attached hydrogen (secondary N) is 2. The van der Waals surface area contributed by atoms with Gasteiger partial charge in [0.25, 0.3) is 0 Å². The van der Waals surface area contributed by atoms with Crippen molar-refractivity contribution in [1.82, 2.24) is 14.9 Å². The molecule has 7 heteroatoms. The number of amides is 2. The van der Waals surface area contributed by atoms with E-state index in [1.54, 1.807) is 12.5 Å². The highest BCUT2D eigenvalue weighted by atomic mass is 32.1. The standard InChI is InChI=1S/C18H18N4O2S/c1-13(23)20-16(17-3-2-10-25-17)11-18(24)21-14-4-6-15(7-5-14)22-9-8-19-12-22/h2-10,12,16H,11H2,1H3,(H,20,23)(H,21,24)/t16-/m1/s1. The molecular formula is C18H18N4O2S. The Labute approximate surface area is 149 Å². The molecule has 128 valence electrons. The van der Waals surface area contributed by atoms with E-state index in [9.17, 15) is 9.59 Å². The summed E-state index contributed by atoms with van der Waals surface area (Å²) in [7, 11) is 0. The second kappa shape index (κ2) is 7.76. The lowest BCUT2D eigenvalue weighted by molar-refractivity contribution is -0.120. The fourth-order valence-corrected chi connectivity index (χ4v) is 3.26. The molecule has 0 saturated heterocycles. The Hall–Kier alpha value is -2.93. The summed E-state index contributed by atoms with van der Waals surface area (Å²) in [6, 6.07) is 11.0. The molecule has 0 aliphatic carbocycles. The molecule has 0 spiro atoms. The minimum atomic E-state index is -0.317. The first-order valence-electron chi connectivity index (χ1n) is 7.80. The fraction of sp³-hybridized carbons (Fsp3) is 0.167. The average Bonchev–Trinajstić information content (AvgIpc) is 3.28. The first kappa shape index (κ1) is 16.9. The Kier molecular flexibility index (Phi) is 5.25.